The third kappa shape index (κ3) is 17.0. The Kier molecular flexibility index (Phi) is 16.4. The van der Waals surface area contributed by atoms with Gasteiger partial charge in [0.1, 0.15) is 0 Å². The van der Waals surface area contributed by atoms with Crippen LogP contribution in [0.1, 0.15) is 58.3 Å². The van der Waals surface area contributed by atoms with Crippen LogP contribution >= 0.6 is 0 Å². The number of sulfonamides is 1. The van der Waals surface area contributed by atoms with Crippen molar-refractivity contribution in [3.8, 4) is 0 Å². The van der Waals surface area contributed by atoms with Crippen LogP contribution in [0, 0.1) is 0 Å². The second-order valence-electron chi connectivity index (χ2n) is 4.46. The molecule has 0 amide bonds. The quantitative estimate of drug-likeness (QED) is 0.327. The van der Waals surface area contributed by atoms with Crippen molar-refractivity contribution in [1.29, 1.82) is 0 Å². The van der Waals surface area contributed by atoms with Crippen molar-refractivity contribution in [2.45, 2.75) is 58.3 Å². The van der Waals surface area contributed by atoms with Gasteiger partial charge < -0.3 is 9.90 Å². The summed E-state index contributed by atoms with van der Waals surface area (Å²) in [4.78, 5) is 10.1. The minimum atomic E-state index is -3.32. The number of carboxylic acid groups (broad SMARTS) is 1. The van der Waals surface area contributed by atoms with E-state index >= 15 is 0 Å². The van der Waals surface area contributed by atoms with Crippen molar-refractivity contribution in [3.05, 3.63) is 0 Å². The Morgan fingerprint density at radius 3 is 2.11 bits per heavy atom. The SMILES string of the molecule is CCCCCCCCCS(=O)(=O)NCCC(=O)[O-].[K+]. The maximum Gasteiger partial charge on any atom is 1.00 e. The van der Waals surface area contributed by atoms with Gasteiger partial charge in [0.15, 0.2) is 0 Å². The number of nitrogens with one attached hydrogen (secondary N) is 1. The van der Waals surface area contributed by atoms with Crippen molar-refractivity contribution in [2.24, 2.45) is 0 Å². The largest absolute Gasteiger partial charge is 1.00 e. The second-order valence-corrected chi connectivity index (χ2v) is 6.38. The molecule has 0 spiro atoms. The topological polar surface area (TPSA) is 86.3 Å². The van der Waals surface area contributed by atoms with E-state index in [1.165, 1.54) is 19.3 Å². The van der Waals surface area contributed by atoms with Gasteiger partial charge in [-0.2, -0.15) is 0 Å². The van der Waals surface area contributed by atoms with Gasteiger partial charge in [-0.05, 0) is 6.42 Å². The van der Waals surface area contributed by atoms with Gasteiger partial charge >= 0.3 is 51.4 Å². The fraction of sp³-hybridized carbons (Fsp3) is 0.917. The van der Waals surface area contributed by atoms with E-state index in [1.54, 1.807) is 0 Å². The average molecular weight is 317 g/mol. The molecule has 0 aliphatic rings. The number of rotatable bonds is 12. The number of carbonyl (C=O) groups excluding carboxylic acids is 1. The molecular weight excluding hydrogens is 293 g/mol. The third-order valence-electron chi connectivity index (χ3n) is 2.67. The fourth-order valence-electron chi connectivity index (χ4n) is 1.63. The molecule has 0 aromatic heterocycles. The summed E-state index contributed by atoms with van der Waals surface area (Å²) in [5.74, 6) is -1.16. The zero-order valence-electron chi connectivity index (χ0n) is 12.1. The summed E-state index contributed by atoms with van der Waals surface area (Å²) in [6.45, 7) is 2.08. The van der Waals surface area contributed by atoms with Crippen molar-refractivity contribution in [3.63, 3.8) is 0 Å². The maximum atomic E-state index is 11.4. The molecule has 0 unspecified atom stereocenters. The van der Waals surface area contributed by atoms with Crippen LogP contribution in [0.25, 0.3) is 0 Å². The van der Waals surface area contributed by atoms with Crippen LogP contribution < -0.4 is 61.2 Å². The average Bonchev–Trinajstić information content (AvgIpc) is 2.27. The Hall–Kier alpha value is 1.02. The summed E-state index contributed by atoms with van der Waals surface area (Å²) < 4.78 is 25.1. The van der Waals surface area contributed by atoms with E-state index in [0.29, 0.717) is 6.42 Å². The molecule has 5 nitrogen and oxygen atoms in total. The van der Waals surface area contributed by atoms with Gasteiger partial charge in [0.2, 0.25) is 10.0 Å². The molecule has 0 saturated heterocycles. The molecule has 108 valence electrons. The van der Waals surface area contributed by atoms with E-state index in [0.717, 1.165) is 19.3 Å². The van der Waals surface area contributed by atoms with Crippen molar-refractivity contribution >= 4 is 16.0 Å². The number of unbranched alkanes of at least 4 members (excludes halogenated alkanes) is 6. The van der Waals surface area contributed by atoms with Gasteiger partial charge in [0.05, 0.1) is 5.75 Å². The predicted molar refractivity (Wildman–Crippen MR) is 69.4 cm³/mol. The molecule has 0 rings (SSSR count). The van der Waals surface area contributed by atoms with Crippen molar-refractivity contribution < 1.29 is 69.7 Å². The molecule has 0 fully saturated rings. The first kappa shape index (κ1) is 22.3. The van der Waals surface area contributed by atoms with Gasteiger partial charge in [0.25, 0.3) is 0 Å². The van der Waals surface area contributed by atoms with Crippen LogP contribution in [0.2, 0.25) is 0 Å². The van der Waals surface area contributed by atoms with E-state index in [1.807, 2.05) is 0 Å². The van der Waals surface area contributed by atoms with E-state index in [-0.39, 0.29) is 70.1 Å². The molecule has 1 N–H and O–H groups in total. The molecule has 0 saturated carbocycles. The zero-order chi connectivity index (χ0) is 13.9. The Morgan fingerprint density at radius 1 is 1.05 bits per heavy atom. The molecule has 19 heavy (non-hydrogen) atoms. The first-order valence-electron chi connectivity index (χ1n) is 6.65. The summed E-state index contributed by atoms with van der Waals surface area (Å²) in [7, 11) is -3.32. The van der Waals surface area contributed by atoms with E-state index in [4.69, 9.17) is 0 Å². The van der Waals surface area contributed by atoms with Crippen LogP contribution in [-0.2, 0) is 14.8 Å². The normalized spacial score (nSPS) is 11.0. The van der Waals surface area contributed by atoms with Crippen LogP contribution in [0.5, 0.6) is 0 Å². The van der Waals surface area contributed by atoms with Crippen LogP contribution in [-0.4, -0.2) is 26.7 Å². The van der Waals surface area contributed by atoms with Gasteiger partial charge in [0, 0.05) is 18.9 Å². The predicted octanol–water partition coefficient (Wildman–Crippen LogP) is -2.20. The Balaban J connectivity index is 0. The molecule has 0 atom stereocenters. The van der Waals surface area contributed by atoms with Gasteiger partial charge in [-0.15, -0.1) is 0 Å². The van der Waals surface area contributed by atoms with Crippen molar-refractivity contribution in [2.75, 3.05) is 12.3 Å². The number of hydrogen-bond donors (Lipinski definition) is 1. The number of carbonyl (C=O) groups is 1. The summed E-state index contributed by atoms with van der Waals surface area (Å²) in [6, 6.07) is 0. The molecule has 0 aliphatic heterocycles. The summed E-state index contributed by atoms with van der Waals surface area (Å²) in [5.41, 5.74) is 0. The Morgan fingerprint density at radius 2 is 1.58 bits per heavy atom. The Bertz CT molecular complexity index is 320. The first-order valence-corrected chi connectivity index (χ1v) is 8.30. The maximum absolute atomic E-state index is 11.4. The summed E-state index contributed by atoms with van der Waals surface area (Å²) in [5, 5.41) is 10.1. The molecule has 7 heteroatoms. The molecular formula is C12H24KNO4S. The van der Waals surface area contributed by atoms with Gasteiger partial charge in [-0.3, -0.25) is 0 Å². The Labute approximate surface area is 159 Å². The monoisotopic (exact) mass is 317 g/mol. The zero-order valence-corrected chi connectivity index (χ0v) is 16.1. The first-order chi connectivity index (χ1) is 8.48. The summed E-state index contributed by atoms with van der Waals surface area (Å²) >= 11 is 0. The number of aliphatic carboxylic acids is 1. The van der Waals surface area contributed by atoms with E-state index in [2.05, 4.69) is 11.6 Å². The van der Waals surface area contributed by atoms with E-state index in [9.17, 15) is 18.3 Å². The third-order valence-corrected chi connectivity index (χ3v) is 4.14. The smallest absolute Gasteiger partial charge is 0.550 e. The molecule has 0 heterocycles. The van der Waals surface area contributed by atoms with E-state index < -0.39 is 16.0 Å². The molecule has 0 aromatic rings. The number of carboxylic acids is 1. The van der Waals surface area contributed by atoms with Crippen molar-refractivity contribution in [1.82, 2.24) is 4.72 Å². The fourth-order valence-corrected chi connectivity index (χ4v) is 2.77. The second kappa shape index (κ2) is 14.0. The summed E-state index contributed by atoms with van der Waals surface area (Å²) in [6.07, 6.45) is 7.14. The molecule has 0 radical (unpaired) electrons. The molecule has 0 aromatic carbocycles. The minimum Gasteiger partial charge on any atom is -0.550 e. The van der Waals surface area contributed by atoms with Crippen LogP contribution in [0.15, 0.2) is 0 Å². The molecule has 0 aliphatic carbocycles. The van der Waals surface area contributed by atoms with Gasteiger partial charge in [-0.25, -0.2) is 13.1 Å². The van der Waals surface area contributed by atoms with Crippen LogP contribution in [0.4, 0.5) is 0 Å². The van der Waals surface area contributed by atoms with Gasteiger partial charge in [-0.1, -0.05) is 45.4 Å². The minimum absolute atomic E-state index is 0. The standard InChI is InChI=1S/C12H25NO4S.K/c1-2-3-4-5-6-7-8-11-18(16,17)13-10-9-12(14)15;/h13H,2-11H2,1H3,(H,14,15);/q;+1/p-1. The van der Waals surface area contributed by atoms with Crippen LogP contribution in [0.3, 0.4) is 0 Å². The number of hydrogen-bond acceptors (Lipinski definition) is 4. The molecule has 0 bridgehead atoms.